The fourth-order valence-electron chi connectivity index (χ4n) is 2.02. The molecule has 0 N–H and O–H groups in total. The molecule has 0 amide bonds. The van der Waals surface area contributed by atoms with Gasteiger partial charge in [0.15, 0.2) is 5.58 Å². The highest BCUT2D eigenvalue weighted by Crippen LogP contribution is 2.27. The molecule has 3 rings (SSSR count). The van der Waals surface area contributed by atoms with Crippen LogP contribution >= 0.6 is 0 Å². The Kier molecular flexibility index (Phi) is 2.75. The maximum Gasteiger partial charge on any atom is 0.273 e. The molecule has 5 heteroatoms. The molecule has 20 heavy (non-hydrogen) atoms. The quantitative estimate of drug-likeness (QED) is 0.520. The Bertz CT molecular complexity index is 821. The smallest absolute Gasteiger partial charge is 0.273 e. The number of aryl methyl sites for hydroxylation is 2. The molecule has 0 spiro atoms. The number of hydrogen-bond acceptors (Lipinski definition) is 4. The standard InChI is InChI=1S/C15H12N2O3/c1-9-3-4-11(7-10(9)2)15-16-13-6-5-12(17(18)19)8-14(13)20-15/h3-8H,1-2H3. The van der Waals surface area contributed by atoms with Gasteiger partial charge >= 0.3 is 0 Å². The van der Waals surface area contributed by atoms with Crippen molar-refractivity contribution in [2.75, 3.05) is 0 Å². The van der Waals surface area contributed by atoms with E-state index in [9.17, 15) is 10.1 Å². The molecular formula is C15H12N2O3. The zero-order valence-electron chi connectivity index (χ0n) is 11.1. The van der Waals surface area contributed by atoms with Crippen LogP contribution in [0.4, 0.5) is 5.69 Å². The zero-order chi connectivity index (χ0) is 14.3. The lowest BCUT2D eigenvalue weighted by Gasteiger charge is -2.01. The second-order valence-electron chi connectivity index (χ2n) is 4.73. The Labute approximate surface area is 115 Å². The summed E-state index contributed by atoms with van der Waals surface area (Å²) in [7, 11) is 0. The number of nitro groups is 1. The predicted molar refractivity (Wildman–Crippen MR) is 75.6 cm³/mol. The van der Waals surface area contributed by atoms with E-state index in [0.29, 0.717) is 17.0 Å². The molecule has 0 aliphatic rings. The summed E-state index contributed by atoms with van der Waals surface area (Å²) in [6.07, 6.45) is 0. The van der Waals surface area contributed by atoms with E-state index in [0.717, 1.165) is 11.1 Å². The average molecular weight is 268 g/mol. The van der Waals surface area contributed by atoms with Crippen LogP contribution in [0.3, 0.4) is 0 Å². The second-order valence-corrected chi connectivity index (χ2v) is 4.73. The molecule has 0 fully saturated rings. The topological polar surface area (TPSA) is 69.2 Å². The minimum absolute atomic E-state index is 0.000265. The van der Waals surface area contributed by atoms with E-state index in [4.69, 9.17) is 4.42 Å². The van der Waals surface area contributed by atoms with Crippen molar-refractivity contribution in [3.05, 3.63) is 57.6 Å². The van der Waals surface area contributed by atoms with E-state index < -0.39 is 4.92 Å². The number of nitro benzene ring substituents is 1. The highest BCUT2D eigenvalue weighted by atomic mass is 16.6. The highest BCUT2D eigenvalue weighted by Gasteiger charge is 2.13. The van der Waals surface area contributed by atoms with Crippen LogP contribution in [0.15, 0.2) is 40.8 Å². The molecule has 3 aromatic rings. The molecule has 0 bridgehead atoms. The Hall–Kier alpha value is -2.69. The zero-order valence-corrected chi connectivity index (χ0v) is 11.1. The highest BCUT2D eigenvalue weighted by molar-refractivity contribution is 5.78. The van der Waals surface area contributed by atoms with Crippen molar-refractivity contribution < 1.29 is 9.34 Å². The monoisotopic (exact) mass is 268 g/mol. The fraction of sp³-hybridized carbons (Fsp3) is 0.133. The first kappa shape index (κ1) is 12.3. The van der Waals surface area contributed by atoms with Gasteiger partial charge in [0.1, 0.15) is 5.52 Å². The van der Waals surface area contributed by atoms with Crippen molar-refractivity contribution in [2.24, 2.45) is 0 Å². The Balaban J connectivity index is 2.12. The molecule has 0 aliphatic carbocycles. The maximum atomic E-state index is 10.7. The van der Waals surface area contributed by atoms with Crippen LogP contribution in [-0.2, 0) is 0 Å². The van der Waals surface area contributed by atoms with Gasteiger partial charge in [-0.3, -0.25) is 10.1 Å². The van der Waals surface area contributed by atoms with Gasteiger partial charge in [-0.15, -0.1) is 0 Å². The number of nitrogens with zero attached hydrogens (tertiary/aromatic N) is 2. The molecule has 0 aliphatic heterocycles. The predicted octanol–water partition coefficient (Wildman–Crippen LogP) is 4.02. The van der Waals surface area contributed by atoms with Crippen LogP contribution in [0.1, 0.15) is 11.1 Å². The molecular weight excluding hydrogens is 256 g/mol. The van der Waals surface area contributed by atoms with E-state index in [-0.39, 0.29) is 5.69 Å². The number of hydrogen-bond donors (Lipinski definition) is 0. The number of rotatable bonds is 2. The van der Waals surface area contributed by atoms with Crippen molar-refractivity contribution in [2.45, 2.75) is 13.8 Å². The summed E-state index contributed by atoms with van der Waals surface area (Å²) in [5, 5.41) is 10.7. The molecule has 1 heterocycles. The third-order valence-electron chi connectivity index (χ3n) is 3.34. The summed E-state index contributed by atoms with van der Waals surface area (Å²) < 4.78 is 5.62. The fourth-order valence-corrected chi connectivity index (χ4v) is 2.02. The first-order chi connectivity index (χ1) is 9.54. The lowest BCUT2D eigenvalue weighted by Crippen LogP contribution is -1.86. The van der Waals surface area contributed by atoms with Crippen LogP contribution < -0.4 is 0 Å². The summed E-state index contributed by atoms with van der Waals surface area (Å²) in [4.78, 5) is 14.7. The Morgan fingerprint density at radius 1 is 1.10 bits per heavy atom. The van der Waals surface area contributed by atoms with Gasteiger partial charge in [-0.05, 0) is 43.2 Å². The summed E-state index contributed by atoms with van der Waals surface area (Å²) >= 11 is 0. The molecule has 0 unspecified atom stereocenters. The van der Waals surface area contributed by atoms with Crippen molar-refractivity contribution in [3.8, 4) is 11.5 Å². The number of fused-ring (bicyclic) bond motifs is 1. The van der Waals surface area contributed by atoms with E-state index in [2.05, 4.69) is 4.98 Å². The van der Waals surface area contributed by atoms with Gasteiger partial charge in [0.05, 0.1) is 11.0 Å². The molecule has 0 saturated heterocycles. The largest absolute Gasteiger partial charge is 0.436 e. The summed E-state index contributed by atoms with van der Waals surface area (Å²) in [5.41, 5.74) is 4.25. The van der Waals surface area contributed by atoms with E-state index in [1.54, 1.807) is 6.07 Å². The lowest BCUT2D eigenvalue weighted by molar-refractivity contribution is -0.384. The first-order valence-corrected chi connectivity index (χ1v) is 6.17. The van der Waals surface area contributed by atoms with Gasteiger partial charge in [0.2, 0.25) is 5.89 Å². The Morgan fingerprint density at radius 2 is 1.90 bits per heavy atom. The van der Waals surface area contributed by atoms with Crippen molar-refractivity contribution in [1.82, 2.24) is 4.98 Å². The van der Waals surface area contributed by atoms with E-state index in [1.807, 2.05) is 32.0 Å². The van der Waals surface area contributed by atoms with Crippen molar-refractivity contribution in [1.29, 1.82) is 0 Å². The van der Waals surface area contributed by atoms with E-state index in [1.165, 1.54) is 17.7 Å². The minimum atomic E-state index is -0.447. The third-order valence-corrected chi connectivity index (χ3v) is 3.34. The molecule has 0 radical (unpaired) electrons. The van der Waals surface area contributed by atoms with Crippen LogP contribution in [0.5, 0.6) is 0 Å². The third kappa shape index (κ3) is 2.03. The first-order valence-electron chi connectivity index (χ1n) is 6.17. The number of aromatic nitrogens is 1. The maximum absolute atomic E-state index is 10.7. The second kappa shape index (κ2) is 4.45. The van der Waals surface area contributed by atoms with Gasteiger partial charge in [0, 0.05) is 11.6 Å². The number of benzene rings is 2. The van der Waals surface area contributed by atoms with Gasteiger partial charge < -0.3 is 4.42 Å². The molecule has 1 aromatic heterocycles. The van der Waals surface area contributed by atoms with Gasteiger partial charge in [-0.1, -0.05) is 6.07 Å². The van der Waals surface area contributed by atoms with Crippen LogP contribution in [0.25, 0.3) is 22.6 Å². The summed E-state index contributed by atoms with van der Waals surface area (Å²) in [5.74, 6) is 0.476. The SMILES string of the molecule is Cc1ccc(-c2nc3ccc([N+](=O)[O-])cc3o2)cc1C. The molecule has 100 valence electrons. The van der Waals surface area contributed by atoms with Gasteiger partial charge in [-0.25, -0.2) is 4.98 Å². The molecule has 5 nitrogen and oxygen atoms in total. The molecule has 0 saturated carbocycles. The number of non-ortho nitro benzene ring substituents is 1. The summed E-state index contributed by atoms with van der Waals surface area (Å²) in [6, 6.07) is 10.3. The van der Waals surface area contributed by atoms with Crippen molar-refractivity contribution >= 4 is 16.8 Å². The van der Waals surface area contributed by atoms with Crippen molar-refractivity contribution in [3.63, 3.8) is 0 Å². The Morgan fingerprint density at radius 3 is 2.60 bits per heavy atom. The molecule has 2 aromatic carbocycles. The molecule has 0 atom stereocenters. The average Bonchev–Trinajstić information content (AvgIpc) is 2.84. The van der Waals surface area contributed by atoms with Gasteiger partial charge in [0.25, 0.3) is 5.69 Å². The lowest BCUT2D eigenvalue weighted by atomic mass is 10.1. The summed E-state index contributed by atoms with van der Waals surface area (Å²) in [6.45, 7) is 4.06. The van der Waals surface area contributed by atoms with Crippen LogP contribution in [-0.4, -0.2) is 9.91 Å². The minimum Gasteiger partial charge on any atom is -0.436 e. The van der Waals surface area contributed by atoms with Gasteiger partial charge in [-0.2, -0.15) is 0 Å². The van der Waals surface area contributed by atoms with Crippen LogP contribution in [0, 0.1) is 24.0 Å². The van der Waals surface area contributed by atoms with Crippen LogP contribution in [0.2, 0.25) is 0 Å². The normalized spacial score (nSPS) is 10.9. The number of oxazole rings is 1. The van der Waals surface area contributed by atoms with E-state index >= 15 is 0 Å².